The Bertz CT molecular complexity index is 503. The van der Waals surface area contributed by atoms with Crippen molar-refractivity contribution in [3.05, 3.63) is 12.4 Å². The van der Waals surface area contributed by atoms with E-state index in [2.05, 4.69) is 10.4 Å². The van der Waals surface area contributed by atoms with Crippen molar-refractivity contribution in [3.63, 3.8) is 0 Å². The van der Waals surface area contributed by atoms with Crippen LogP contribution in [0.4, 0.5) is 0 Å². The summed E-state index contributed by atoms with van der Waals surface area (Å²) in [6.07, 6.45) is 4.00. The van der Waals surface area contributed by atoms with Gasteiger partial charge < -0.3 is 10.4 Å². The molecule has 1 atom stereocenters. The van der Waals surface area contributed by atoms with Gasteiger partial charge in [-0.3, -0.25) is 4.68 Å². The van der Waals surface area contributed by atoms with E-state index in [1.807, 2.05) is 20.8 Å². The Labute approximate surface area is 114 Å². The Morgan fingerprint density at radius 1 is 1.47 bits per heavy atom. The van der Waals surface area contributed by atoms with Crippen LogP contribution < -0.4 is 5.32 Å². The summed E-state index contributed by atoms with van der Waals surface area (Å²) in [6.45, 7) is 7.09. The molecule has 0 radical (unpaired) electrons. The Kier molecular flexibility index (Phi) is 5.11. The zero-order valence-corrected chi connectivity index (χ0v) is 12.7. The van der Waals surface area contributed by atoms with Gasteiger partial charge in [-0.15, -0.1) is 0 Å². The van der Waals surface area contributed by atoms with Crippen molar-refractivity contribution in [1.29, 1.82) is 0 Å². The highest BCUT2D eigenvalue weighted by atomic mass is 32.2. The van der Waals surface area contributed by atoms with E-state index in [0.29, 0.717) is 19.5 Å². The predicted molar refractivity (Wildman–Crippen MR) is 73.7 cm³/mol. The van der Waals surface area contributed by atoms with E-state index < -0.39 is 15.9 Å². The van der Waals surface area contributed by atoms with Gasteiger partial charge in [-0.25, -0.2) is 8.42 Å². The van der Waals surface area contributed by atoms with Gasteiger partial charge in [-0.1, -0.05) is 0 Å². The van der Waals surface area contributed by atoms with Gasteiger partial charge in [0.2, 0.25) is 0 Å². The minimum absolute atomic E-state index is 0.0316. The molecule has 1 rings (SSSR count). The molecule has 1 aromatic heterocycles. The zero-order chi connectivity index (χ0) is 14.7. The van der Waals surface area contributed by atoms with Crippen LogP contribution in [0.25, 0.3) is 0 Å². The minimum atomic E-state index is -3.21. The smallest absolute Gasteiger partial charge is 0.178 e. The van der Waals surface area contributed by atoms with Crippen LogP contribution in [-0.2, 0) is 16.4 Å². The topological polar surface area (TPSA) is 84.2 Å². The van der Waals surface area contributed by atoms with Crippen molar-refractivity contribution in [2.45, 2.75) is 50.3 Å². The first-order valence-corrected chi connectivity index (χ1v) is 8.13. The summed E-state index contributed by atoms with van der Waals surface area (Å²) in [5, 5.41) is 17.0. The third-order valence-corrected chi connectivity index (χ3v) is 3.66. The van der Waals surface area contributed by atoms with Crippen LogP contribution in [0.3, 0.4) is 0 Å². The molecular weight excluding hydrogens is 266 g/mol. The summed E-state index contributed by atoms with van der Waals surface area (Å²) in [7, 11) is -3.21. The highest BCUT2D eigenvalue weighted by Crippen LogP contribution is 2.07. The minimum Gasteiger partial charge on any atom is -0.392 e. The highest BCUT2D eigenvalue weighted by molar-refractivity contribution is 7.90. The number of nitrogens with zero attached hydrogens (tertiary/aromatic N) is 2. The van der Waals surface area contributed by atoms with Crippen LogP contribution in [0.15, 0.2) is 17.3 Å². The van der Waals surface area contributed by atoms with Gasteiger partial charge in [0.05, 0.1) is 12.3 Å². The fourth-order valence-corrected chi connectivity index (χ4v) is 2.02. The summed E-state index contributed by atoms with van der Waals surface area (Å²) in [4.78, 5) is 0.204. The highest BCUT2D eigenvalue weighted by Gasteiger charge is 2.13. The Morgan fingerprint density at radius 2 is 2.11 bits per heavy atom. The van der Waals surface area contributed by atoms with Crippen LogP contribution in [0.2, 0.25) is 0 Å². The van der Waals surface area contributed by atoms with Crippen molar-refractivity contribution in [3.8, 4) is 0 Å². The van der Waals surface area contributed by atoms with Crippen molar-refractivity contribution in [2.24, 2.45) is 0 Å². The summed E-state index contributed by atoms with van der Waals surface area (Å²) in [5.41, 5.74) is -0.0316. The molecule has 1 aromatic rings. The van der Waals surface area contributed by atoms with Crippen LogP contribution >= 0.6 is 0 Å². The van der Waals surface area contributed by atoms with Gasteiger partial charge in [-0.05, 0) is 27.2 Å². The third kappa shape index (κ3) is 6.17. The first-order valence-electron chi connectivity index (χ1n) is 6.23. The molecule has 0 saturated carbocycles. The fraction of sp³-hybridized carbons (Fsp3) is 0.750. The predicted octanol–water partition coefficient (Wildman–Crippen LogP) is 0.426. The molecule has 19 heavy (non-hydrogen) atoms. The molecule has 0 amide bonds. The second kappa shape index (κ2) is 6.02. The van der Waals surface area contributed by atoms with Crippen molar-refractivity contribution in [2.75, 3.05) is 12.8 Å². The Morgan fingerprint density at radius 3 is 2.58 bits per heavy atom. The van der Waals surface area contributed by atoms with E-state index in [9.17, 15) is 13.5 Å². The number of sulfone groups is 1. The molecule has 0 aliphatic rings. The van der Waals surface area contributed by atoms with Crippen LogP contribution in [-0.4, -0.2) is 47.7 Å². The van der Waals surface area contributed by atoms with Gasteiger partial charge >= 0.3 is 0 Å². The fourth-order valence-electron chi connectivity index (χ4n) is 1.47. The second-order valence-corrected chi connectivity index (χ2v) is 7.80. The maximum Gasteiger partial charge on any atom is 0.178 e. The molecule has 0 spiro atoms. The van der Waals surface area contributed by atoms with E-state index in [-0.39, 0.29) is 10.4 Å². The first-order chi connectivity index (χ1) is 8.58. The summed E-state index contributed by atoms with van der Waals surface area (Å²) >= 11 is 0. The molecule has 1 heterocycles. The quantitative estimate of drug-likeness (QED) is 0.793. The molecule has 0 aliphatic heterocycles. The van der Waals surface area contributed by atoms with Crippen LogP contribution in [0.5, 0.6) is 0 Å². The van der Waals surface area contributed by atoms with Gasteiger partial charge in [0.15, 0.2) is 9.84 Å². The molecule has 2 N–H and O–H groups in total. The first kappa shape index (κ1) is 16.1. The summed E-state index contributed by atoms with van der Waals surface area (Å²) in [5.74, 6) is 0. The molecule has 0 aliphatic carbocycles. The van der Waals surface area contributed by atoms with Gasteiger partial charge in [0, 0.05) is 31.1 Å². The lowest BCUT2D eigenvalue weighted by Crippen LogP contribution is -2.41. The number of hydrogen-bond donors (Lipinski definition) is 2. The average molecular weight is 289 g/mol. The lowest BCUT2D eigenvalue weighted by molar-refractivity contribution is 0.144. The van der Waals surface area contributed by atoms with Gasteiger partial charge in [-0.2, -0.15) is 5.10 Å². The average Bonchev–Trinajstić information content (AvgIpc) is 2.70. The van der Waals surface area contributed by atoms with Gasteiger partial charge in [0.1, 0.15) is 4.90 Å². The molecule has 1 unspecified atom stereocenters. The third-order valence-electron chi connectivity index (χ3n) is 2.60. The molecular formula is C12H23N3O3S. The van der Waals surface area contributed by atoms with E-state index in [0.717, 1.165) is 6.26 Å². The Hall–Kier alpha value is -0.920. The van der Waals surface area contributed by atoms with Gasteiger partial charge in [0.25, 0.3) is 0 Å². The number of rotatable bonds is 6. The normalized spacial score (nSPS) is 14.6. The molecule has 7 heteroatoms. The maximum absolute atomic E-state index is 11.3. The largest absolute Gasteiger partial charge is 0.392 e. The van der Waals surface area contributed by atoms with Crippen LogP contribution in [0.1, 0.15) is 27.2 Å². The molecule has 6 nitrogen and oxygen atoms in total. The monoisotopic (exact) mass is 289 g/mol. The maximum atomic E-state index is 11.3. The SMILES string of the molecule is CC(C)(C)NCC(O)CCn1cc(S(C)(=O)=O)cn1. The molecule has 0 aromatic carbocycles. The number of aromatic nitrogens is 2. The number of β-amino-alcohol motifs (C(OH)–C–C–N with tert-alkyl or cyclic N) is 1. The molecule has 110 valence electrons. The summed E-state index contributed by atoms with van der Waals surface area (Å²) < 4.78 is 24.1. The standard InChI is InChI=1S/C12H23N3O3S/c1-12(2,3)13-7-10(16)5-6-15-9-11(8-14-15)19(4,17)18/h8-10,13,16H,5-7H2,1-4H3. The van der Waals surface area contributed by atoms with E-state index in [1.165, 1.54) is 17.1 Å². The lowest BCUT2D eigenvalue weighted by atomic mass is 10.1. The molecule has 0 fully saturated rings. The summed E-state index contributed by atoms with van der Waals surface area (Å²) in [6, 6.07) is 0. The van der Waals surface area contributed by atoms with E-state index in [4.69, 9.17) is 0 Å². The van der Waals surface area contributed by atoms with E-state index >= 15 is 0 Å². The lowest BCUT2D eigenvalue weighted by Gasteiger charge is -2.22. The van der Waals surface area contributed by atoms with Crippen molar-refractivity contribution < 1.29 is 13.5 Å². The number of hydrogen-bond acceptors (Lipinski definition) is 5. The van der Waals surface area contributed by atoms with Crippen molar-refractivity contribution >= 4 is 9.84 Å². The second-order valence-electron chi connectivity index (χ2n) is 5.78. The van der Waals surface area contributed by atoms with Crippen molar-refractivity contribution in [1.82, 2.24) is 15.1 Å². The van der Waals surface area contributed by atoms with E-state index in [1.54, 1.807) is 0 Å². The number of nitrogens with one attached hydrogen (secondary N) is 1. The number of aliphatic hydroxyl groups excluding tert-OH is 1. The van der Waals surface area contributed by atoms with Crippen LogP contribution in [0, 0.1) is 0 Å². The Balaban J connectivity index is 2.43. The molecule has 0 saturated heterocycles. The molecule has 0 bridgehead atoms. The zero-order valence-electron chi connectivity index (χ0n) is 11.9. The number of aryl methyl sites for hydroxylation is 1. The number of aliphatic hydroxyl groups is 1.